The van der Waals surface area contributed by atoms with E-state index in [2.05, 4.69) is 5.10 Å². The van der Waals surface area contributed by atoms with Crippen LogP contribution in [-0.2, 0) is 16.1 Å². The average Bonchev–Trinajstić information content (AvgIpc) is 3.02. The lowest BCUT2D eigenvalue weighted by Crippen LogP contribution is -2.24. The summed E-state index contributed by atoms with van der Waals surface area (Å²) >= 11 is 0. The van der Waals surface area contributed by atoms with Gasteiger partial charge in [-0.25, -0.2) is 9.18 Å². The van der Waals surface area contributed by atoms with E-state index in [0.717, 1.165) is 15.8 Å². The number of halogens is 1. The fourth-order valence-corrected chi connectivity index (χ4v) is 2.54. The highest BCUT2D eigenvalue weighted by Crippen LogP contribution is 2.15. The van der Waals surface area contributed by atoms with Crippen molar-refractivity contribution in [2.24, 2.45) is 0 Å². The van der Waals surface area contributed by atoms with Crippen LogP contribution in [0.4, 0.5) is 4.39 Å². The lowest BCUT2D eigenvalue weighted by molar-refractivity contribution is -0.143. The predicted molar refractivity (Wildman–Crippen MR) is 97.4 cm³/mol. The molecule has 0 saturated carbocycles. The van der Waals surface area contributed by atoms with Gasteiger partial charge in [0, 0.05) is 11.1 Å². The number of carbonyl (C=O) groups excluding carboxylic acids is 2. The van der Waals surface area contributed by atoms with Gasteiger partial charge in [0.2, 0.25) is 11.7 Å². The highest BCUT2D eigenvalue weighted by molar-refractivity contribution is 5.99. The van der Waals surface area contributed by atoms with E-state index >= 15 is 0 Å². The number of Topliss-reactive ketones (excluding diaryl/α,β-unsaturated/α-hetero) is 1. The van der Waals surface area contributed by atoms with E-state index in [1.807, 2.05) is 19.1 Å². The zero-order valence-corrected chi connectivity index (χ0v) is 15.3. The van der Waals surface area contributed by atoms with Crippen molar-refractivity contribution in [2.75, 3.05) is 6.61 Å². The molecule has 0 aliphatic rings. The molecule has 8 heteroatoms. The van der Waals surface area contributed by atoms with Crippen LogP contribution in [0.1, 0.15) is 21.5 Å². The molecule has 3 aromatic rings. The molecule has 0 saturated heterocycles. The number of hydrogen-bond acceptors (Lipinski definition) is 6. The van der Waals surface area contributed by atoms with Crippen molar-refractivity contribution in [3.8, 4) is 11.5 Å². The Bertz CT molecular complexity index is 1080. The Morgan fingerprint density at radius 1 is 1.14 bits per heavy atom. The molecule has 0 spiro atoms. The minimum atomic E-state index is -0.864. The van der Waals surface area contributed by atoms with E-state index < -0.39 is 30.7 Å². The molecule has 1 heterocycles. The first-order chi connectivity index (χ1) is 13.3. The normalized spacial score (nSPS) is 10.7. The Morgan fingerprint density at radius 3 is 2.57 bits per heavy atom. The minimum Gasteiger partial charge on any atom is -0.456 e. The number of esters is 1. The number of benzene rings is 2. The van der Waals surface area contributed by atoms with Gasteiger partial charge in [-0.3, -0.25) is 9.59 Å². The van der Waals surface area contributed by atoms with Crippen molar-refractivity contribution in [1.29, 1.82) is 0 Å². The third kappa shape index (κ3) is 4.40. The molecule has 0 aliphatic heterocycles. The van der Waals surface area contributed by atoms with E-state index in [-0.39, 0.29) is 11.7 Å². The van der Waals surface area contributed by atoms with Gasteiger partial charge in [-0.15, -0.1) is 5.10 Å². The van der Waals surface area contributed by atoms with Gasteiger partial charge >= 0.3 is 11.7 Å². The molecule has 0 atom stereocenters. The summed E-state index contributed by atoms with van der Waals surface area (Å²) in [6, 6.07) is 10.6. The number of aromatic nitrogens is 2. The second-order valence-corrected chi connectivity index (χ2v) is 6.24. The van der Waals surface area contributed by atoms with E-state index in [4.69, 9.17) is 9.15 Å². The van der Waals surface area contributed by atoms with Crippen molar-refractivity contribution in [2.45, 2.75) is 20.4 Å². The number of aryl methyl sites for hydroxylation is 2. The average molecular weight is 384 g/mol. The molecule has 7 nitrogen and oxygen atoms in total. The molecule has 2 aromatic carbocycles. The Kier molecular flexibility index (Phi) is 5.49. The lowest BCUT2D eigenvalue weighted by atomic mass is 10.0. The van der Waals surface area contributed by atoms with Crippen molar-refractivity contribution < 1.29 is 23.1 Å². The van der Waals surface area contributed by atoms with Gasteiger partial charge in [0.1, 0.15) is 12.4 Å². The van der Waals surface area contributed by atoms with Gasteiger partial charge in [-0.1, -0.05) is 17.7 Å². The first-order valence-electron chi connectivity index (χ1n) is 8.43. The van der Waals surface area contributed by atoms with Gasteiger partial charge in [0.05, 0.1) is 0 Å². The summed E-state index contributed by atoms with van der Waals surface area (Å²) in [6.07, 6.45) is 0. The Hall–Kier alpha value is -3.55. The molecule has 0 N–H and O–H groups in total. The molecule has 0 bridgehead atoms. The summed E-state index contributed by atoms with van der Waals surface area (Å²) < 4.78 is 23.7. The minimum absolute atomic E-state index is 0.0516. The molecule has 0 amide bonds. The third-order valence-corrected chi connectivity index (χ3v) is 4.03. The maximum Gasteiger partial charge on any atom is 0.437 e. The van der Waals surface area contributed by atoms with Crippen LogP contribution in [0.15, 0.2) is 51.7 Å². The lowest BCUT2D eigenvalue weighted by Gasteiger charge is -2.07. The molecular formula is C20H17FN2O5. The van der Waals surface area contributed by atoms with E-state index in [1.54, 1.807) is 13.0 Å². The Labute approximate surface area is 159 Å². The number of ketones is 1. The summed E-state index contributed by atoms with van der Waals surface area (Å²) in [5, 5.41) is 3.89. The van der Waals surface area contributed by atoms with Crippen LogP contribution in [0, 0.1) is 19.7 Å². The zero-order valence-electron chi connectivity index (χ0n) is 15.3. The number of hydrogen-bond donors (Lipinski definition) is 0. The van der Waals surface area contributed by atoms with Crippen LogP contribution < -0.4 is 5.76 Å². The van der Waals surface area contributed by atoms with Gasteiger partial charge in [0.25, 0.3) is 0 Å². The van der Waals surface area contributed by atoms with Crippen LogP contribution in [0.25, 0.3) is 11.5 Å². The number of nitrogens with zero attached hydrogens (tertiary/aromatic N) is 2. The van der Waals surface area contributed by atoms with Crippen LogP contribution in [0.3, 0.4) is 0 Å². The third-order valence-electron chi connectivity index (χ3n) is 4.03. The molecule has 28 heavy (non-hydrogen) atoms. The van der Waals surface area contributed by atoms with Gasteiger partial charge in [0.15, 0.2) is 6.61 Å². The molecular weight excluding hydrogens is 367 g/mol. The molecule has 0 aliphatic carbocycles. The summed E-state index contributed by atoms with van der Waals surface area (Å²) in [5.41, 5.74) is 2.56. The van der Waals surface area contributed by atoms with Crippen LogP contribution >= 0.6 is 0 Å². The number of carbonyl (C=O) groups is 2. The molecule has 0 unspecified atom stereocenters. The second-order valence-electron chi connectivity index (χ2n) is 6.24. The topological polar surface area (TPSA) is 91.4 Å². The van der Waals surface area contributed by atoms with Crippen molar-refractivity contribution in [1.82, 2.24) is 9.78 Å². The van der Waals surface area contributed by atoms with Gasteiger partial charge in [-0.2, -0.15) is 4.68 Å². The Balaban J connectivity index is 1.64. The molecule has 144 valence electrons. The standard InChI is InChI=1S/C20H17FN2O5/c1-12-3-4-13(2)16(9-12)17(24)11-27-18(25)10-23-20(26)28-19(22-23)14-5-7-15(21)8-6-14/h3-9H,10-11H2,1-2H3. The van der Waals surface area contributed by atoms with Crippen LogP contribution in [0.5, 0.6) is 0 Å². The second kappa shape index (κ2) is 7.99. The quantitative estimate of drug-likeness (QED) is 0.479. The summed E-state index contributed by atoms with van der Waals surface area (Å²) in [7, 11) is 0. The largest absolute Gasteiger partial charge is 0.456 e. The number of rotatable bonds is 6. The molecule has 0 radical (unpaired) electrons. The van der Waals surface area contributed by atoms with Crippen LogP contribution in [0.2, 0.25) is 0 Å². The first kappa shape index (κ1) is 19.2. The highest BCUT2D eigenvalue weighted by Gasteiger charge is 2.16. The summed E-state index contributed by atoms with van der Waals surface area (Å²) in [6.45, 7) is 2.70. The fourth-order valence-electron chi connectivity index (χ4n) is 2.54. The van der Waals surface area contributed by atoms with E-state index in [0.29, 0.717) is 11.1 Å². The van der Waals surface area contributed by atoms with E-state index in [9.17, 15) is 18.8 Å². The molecule has 1 aromatic heterocycles. The Morgan fingerprint density at radius 2 is 1.86 bits per heavy atom. The summed E-state index contributed by atoms with van der Waals surface area (Å²) in [4.78, 5) is 36.1. The maximum absolute atomic E-state index is 13.0. The number of ether oxygens (including phenoxy) is 1. The maximum atomic E-state index is 13.0. The monoisotopic (exact) mass is 384 g/mol. The first-order valence-corrected chi connectivity index (χ1v) is 8.43. The van der Waals surface area contributed by atoms with Crippen molar-refractivity contribution in [3.63, 3.8) is 0 Å². The smallest absolute Gasteiger partial charge is 0.437 e. The van der Waals surface area contributed by atoms with Crippen molar-refractivity contribution in [3.05, 3.63) is 75.5 Å². The zero-order chi connectivity index (χ0) is 20.3. The van der Waals surface area contributed by atoms with E-state index in [1.165, 1.54) is 24.3 Å². The SMILES string of the molecule is Cc1ccc(C)c(C(=O)COC(=O)Cn2nc(-c3ccc(F)cc3)oc2=O)c1. The van der Waals surface area contributed by atoms with Gasteiger partial charge in [-0.05, 0) is 49.7 Å². The molecule has 0 fully saturated rings. The van der Waals surface area contributed by atoms with Crippen LogP contribution in [-0.4, -0.2) is 28.1 Å². The van der Waals surface area contributed by atoms with Crippen molar-refractivity contribution >= 4 is 11.8 Å². The fraction of sp³-hybridized carbons (Fsp3) is 0.200. The molecule has 3 rings (SSSR count). The summed E-state index contributed by atoms with van der Waals surface area (Å²) in [5.74, 6) is -2.50. The predicted octanol–water partition coefficient (Wildman–Crippen LogP) is 2.69. The van der Waals surface area contributed by atoms with Gasteiger partial charge < -0.3 is 9.15 Å². The highest BCUT2D eigenvalue weighted by atomic mass is 19.1.